The highest BCUT2D eigenvalue weighted by atomic mass is 16.5. The molecule has 1 fully saturated rings. The molecule has 2 aromatic carbocycles. The van der Waals surface area contributed by atoms with Gasteiger partial charge in [-0.3, -0.25) is 9.58 Å². The normalized spacial score (nSPS) is 18.5. The summed E-state index contributed by atoms with van der Waals surface area (Å²) in [6, 6.07) is 19.1. The minimum Gasteiger partial charge on any atom is -0.493 e. The number of hydrogen-bond acceptors (Lipinski definition) is 5. The van der Waals surface area contributed by atoms with Crippen LogP contribution in [0, 0.1) is 0 Å². The highest BCUT2D eigenvalue weighted by Gasteiger charge is 2.25. The average Bonchev–Trinajstić information content (AvgIpc) is 3.43. The van der Waals surface area contributed by atoms with E-state index in [0.717, 1.165) is 63.6 Å². The van der Waals surface area contributed by atoms with Gasteiger partial charge in [0.05, 0.1) is 18.9 Å². The number of likely N-dealkylation sites (N-methyl/N-ethyl adjacent to an activating group) is 1. The molecule has 6 heteroatoms. The van der Waals surface area contributed by atoms with E-state index >= 15 is 0 Å². The molecule has 0 aliphatic carbocycles. The second kappa shape index (κ2) is 9.98. The number of rotatable bonds is 8. The van der Waals surface area contributed by atoms with Gasteiger partial charge in [0, 0.05) is 57.6 Å². The van der Waals surface area contributed by atoms with Gasteiger partial charge in [-0.1, -0.05) is 30.3 Å². The van der Waals surface area contributed by atoms with Crippen LogP contribution in [0.3, 0.4) is 0 Å². The lowest BCUT2D eigenvalue weighted by Crippen LogP contribution is -2.38. The molecule has 0 saturated carbocycles. The van der Waals surface area contributed by atoms with Crippen LogP contribution < -0.4 is 9.64 Å². The number of aryl methyl sites for hydroxylation is 1. The molecule has 3 aromatic rings. The summed E-state index contributed by atoms with van der Waals surface area (Å²) in [7, 11) is 2.01. The van der Waals surface area contributed by atoms with Gasteiger partial charge < -0.3 is 14.4 Å². The minimum absolute atomic E-state index is 0.0127. The van der Waals surface area contributed by atoms with Crippen molar-refractivity contribution in [2.75, 3.05) is 44.3 Å². The molecule has 0 amide bonds. The van der Waals surface area contributed by atoms with Crippen molar-refractivity contribution in [3.63, 3.8) is 0 Å². The zero-order chi connectivity index (χ0) is 22.6. The van der Waals surface area contributed by atoms with Crippen molar-refractivity contribution in [2.24, 2.45) is 7.05 Å². The Bertz CT molecular complexity index is 1070. The highest BCUT2D eigenvalue weighted by molar-refractivity contribution is 5.59. The van der Waals surface area contributed by atoms with Gasteiger partial charge in [-0.2, -0.15) is 5.10 Å². The summed E-state index contributed by atoms with van der Waals surface area (Å²) in [6.45, 7) is 8.63. The highest BCUT2D eigenvalue weighted by Crippen LogP contribution is 2.30. The van der Waals surface area contributed by atoms with Crippen LogP contribution in [0.5, 0.6) is 5.75 Å². The number of fused-ring (bicyclic) bond motifs is 1. The van der Waals surface area contributed by atoms with Crippen LogP contribution >= 0.6 is 0 Å². The fourth-order valence-corrected chi connectivity index (χ4v) is 4.95. The molecule has 3 heterocycles. The predicted molar refractivity (Wildman–Crippen MR) is 131 cm³/mol. The first-order chi connectivity index (χ1) is 16.2. The summed E-state index contributed by atoms with van der Waals surface area (Å²) in [6.07, 6.45) is 1.99. The number of benzene rings is 2. The second-order valence-electron chi connectivity index (χ2n) is 8.98. The molecule has 1 saturated heterocycles. The first-order valence-electron chi connectivity index (χ1n) is 12.1. The molecular weight excluding hydrogens is 412 g/mol. The van der Waals surface area contributed by atoms with Crippen molar-refractivity contribution in [3.05, 3.63) is 77.1 Å². The van der Waals surface area contributed by atoms with Crippen LogP contribution in [0.2, 0.25) is 0 Å². The third-order valence-corrected chi connectivity index (χ3v) is 6.77. The molecule has 1 aromatic heterocycles. The van der Waals surface area contributed by atoms with Crippen molar-refractivity contribution < 1.29 is 9.47 Å². The Morgan fingerprint density at radius 3 is 2.82 bits per heavy atom. The van der Waals surface area contributed by atoms with Gasteiger partial charge in [0.1, 0.15) is 11.9 Å². The summed E-state index contributed by atoms with van der Waals surface area (Å²) in [5.41, 5.74) is 6.49. The SMILES string of the molecule is CCN1CCc2cc(CN3CCO[C@H](c4cc(CCOc5ccccc5)n(C)n4)C3)ccc21. The smallest absolute Gasteiger partial charge is 0.119 e. The third-order valence-electron chi connectivity index (χ3n) is 6.77. The topological polar surface area (TPSA) is 42.8 Å². The van der Waals surface area contributed by atoms with Gasteiger partial charge >= 0.3 is 0 Å². The predicted octanol–water partition coefficient (Wildman–Crippen LogP) is 4.00. The Morgan fingerprint density at radius 1 is 1.09 bits per heavy atom. The van der Waals surface area contributed by atoms with Crippen molar-refractivity contribution in [2.45, 2.75) is 32.4 Å². The van der Waals surface area contributed by atoms with E-state index in [1.54, 1.807) is 0 Å². The molecule has 174 valence electrons. The number of hydrogen-bond donors (Lipinski definition) is 0. The van der Waals surface area contributed by atoms with Crippen LogP contribution in [0.25, 0.3) is 0 Å². The molecule has 5 rings (SSSR count). The molecule has 33 heavy (non-hydrogen) atoms. The molecule has 0 spiro atoms. The molecule has 2 aliphatic heterocycles. The van der Waals surface area contributed by atoms with Gasteiger partial charge in [-0.25, -0.2) is 0 Å². The number of morpholine rings is 1. The number of aromatic nitrogens is 2. The molecule has 0 N–H and O–H groups in total. The summed E-state index contributed by atoms with van der Waals surface area (Å²) in [5.74, 6) is 0.903. The molecule has 0 radical (unpaired) electrons. The van der Waals surface area contributed by atoms with Gasteiger partial charge in [0.15, 0.2) is 0 Å². The van der Waals surface area contributed by atoms with Gasteiger partial charge in [0.2, 0.25) is 0 Å². The first-order valence-corrected chi connectivity index (χ1v) is 12.1. The fourth-order valence-electron chi connectivity index (χ4n) is 4.95. The van der Waals surface area contributed by atoms with Crippen LogP contribution in [0.1, 0.15) is 35.5 Å². The standard InChI is InChI=1S/C27H34N4O2/c1-3-31-13-11-22-17-21(9-10-26(22)31)19-30-14-16-33-27(20-30)25-18-23(29(2)28-25)12-15-32-24-7-5-4-6-8-24/h4-10,17-18,27H,3,11-16,19-20H2,1-2H3/t27-/m0/s1. The van der Waals surface area contributed by atoms with Crippen LogP contribution in [-0.4, -0.2) is 54.1 Å². The van der Waals surface area contributed by atoms with Gasteiger partial charge in [-0.15, -0.1) is 0 Å². The second-order valence-corrected chi connectivity index (χ2v) is 8.98. The van der Waals surface area contributed by atoms with Crippen molar-refractivity contribution in [1.29, 1.82) is 0 Å². The van der Waals surface area contributed by atoms with Crippen molar-refractivity contribution >= 4 is 5.69 Å². The van der Waals surface area contributed by atoms with E-state index in [1.165, 1.54) is 22.5 Å². The largest absolute Gasteiger partial charge is 0.493 e. The van der Waals surface area contributed by atoms with E-state index in [9.17, 15) is 0 Å². The molecule has 0 unspecified atom stereocenters. The van der Waals surface area contributed by atoms with Crippen molar-refractivity contribution in [1.82, 2.24) is 14.7 Å². The number of para-hydroxylation sites is 1. The lowest BCUT2D eigenvalue weighted by atomic mass is 10.1. The number of anilines is 1. The number of ether oxygens (including phenoxy) is 2. The molecule has 0 bridgehead atoms. The van der Waals surface area contributed by atoms with E-state index < -0.39 is 0 Å². The van der Waals surface area contributed by atoms with E-state index in [2.05, 4.69) is 41.0 Å². The monoisotopic (exact) mass is 446 g/mol. The Hall–Kier alpha value is -2.83. The Kier molecular flexibility index (Phi) is 6.65. The third kappa shape index (κ3) is 5.07. The van der Waals surface area contributed by atoms with Crippen molar-refractivity contribution in [3.8, 4) is 5.75 Å². The lowest BCUT2D eigenvalue weighted by molar-refractivity contribution is -0.0352. The molecular formula is C27H34N4O2. The zero-order valence-electron chi connectivity index (χ0n) is 19.7. The average molecular weight is 447 g/mol. The maximum absolute atomic E-state index is 6.12. The quantitative estimate of drug-likeness (QED) is 0.523. The Labute approximate surface area is 196 Å². The summed E-state index contributed by atoms with van der Waals surface area (Å²) in [4.78, 5) is 4.96. The van der Waals surface area contributed by atoms with Gasteiger partial charge in [-0.05, 0) is 48.7 Å². The first kappa shape index (κ1) is 22.0. The molecule has 1 atom stereocenters. The van der Waals surface area contributed by atoms with E-state index in [4.69, 9.17) is 14.6 Å². The van der Waals surface area contributed by atoms with Crippen LogP contribution in [0.15, 0.2) is 54.6 Å². The molecule has 2 aliphatic rings. The Balaban J connectivity index is 1.18. The maximum Gasteiger partial charge on any atom is 0.119 e. The van der Waals surface area contributed by atoms with E-state index in [-0.39, 0.29) is 6.10 Å². The lowest BCUT2D eigenvalue weighted by Gasteiger charge is -2.32. The van der Waals surface area contributed by atoms with Crippen LogP contribution in [-0.2, 0) is 31.2 Å². The fraction of sp³-hybridized carbons (Fsp3) is 0.444. The minimum atomic E-state index is 0.0127. The molecule has 6 nitrogen and oxygen atoms in total. The van der Waals surface area contributed by atoms with Crippen LogP contribution in [0.4, 0.5) is 5.69 Å². The zero-order valence-corrected chi connectivity index (χ0v) is 19.7. The Morgan fingerprint density at radius 2 is 1.97 bits per heavy atom. The summed E-state index contributed by atoms with van der Waals surface area (Å²) in [5, 5.41) is 4.77. The summed E-state index contributed by atoms with van der Waals surface area (Å²) < 4.78 is 14.0. The maximum atomic E-state index is 6.12. The summed E-state index contributed by atoms with van der Waals surface area (Å²) >= 11 is 0. The van der Waals surface area contributed by atoms with Gasteiger partial charge in [0.25, 0.3) is 0 Å². The van der Waals surface area contributed by atoms with E-state index in [0.29, 0.717) is 6.61 Å². The number of nitrogens with zero attached hydrogens (tertiary/aromatic N) is 4. The van der Waals surface area contributed by atoms with E-state index in [1.807, 2.05) is 42.1 Å².